The Hall–Kier alpha value is -2.51. The van der Waals surface area contributed by atoms with Crippen LogP contribution in [-0.4, -0.2) is 32.2 Å². The van der Waals surface area contributed by atoms with E-state index in [9.17, 15) is 18.0 Å². The average molecular weight is 384 g/mol. The van der Waals surface area contributed by atoms with Gasteiger partial charge in [0.15, 0.2) is 0 Å². The second-order valence-electron chi connectivity index (χ2n) is 7.23. The van der Waals surface area contributed by atoms with Crippen LogP contribution in [0.1, 0.15) is 34.2 Å². The van der Waals surface area contributed by atoms with E-state index in [0.29, 0.717) is 0 Å². The third-order valence-electron chi connectivity index (χ3n) is 5.55. The van der Waals surface area contributed by atoms with Crippen molar-refractivity contribution in [3.63, 3.8) is 0 Å². The fourth-order valence-electron chi connectivity index (χ4n) is 4.16. The van der Waals surface area contributed by atoms with Crippen molar-refractivity contribution in [1.29, 1.82) is 0 Å². The number of carbonyl (C=O) groups excluding carboxylic acids is 2. The molecule has 0 spiro atoms. The van der Waals surface area contributed by atoms with Crippen LogP contribution in [0.25, 0.3) is 0 Å². The van der Waals surface area contributed by atoms with Gasteiger partial charge < -0.3 is 0 Å². The maximum Gasteiger partial charge on any atom is 0.241 e. The maximum absolute atomic E-state index is 13.0. The Balaban J connectivity index is 1.81. The molecule has 2 amide bonds. The van der Waals surface area contributed by atoms with E-state index < -0.39 is 27.9 Å². The Morgan fingerprint density at radius 1 is 0.963 bits per heavy atom. The van der Waals surface area contributed by atoms with Crippen molar-refractivity contribution >= 4 is 21.8 Å². The Bertz CT molecular complexity index is 1060. The molecule has 0 saturated carbocycles. The standard InChI is InChI=1S/C20H20N2O4S/c1-11-7-9-13(10-8-11)27(25,26)21-18-15-12(2)5-4-6-14(15)16-17(18)20(24)22(3)19(16)23/h4-10,16-18,21H,1-3H3/t16-,17-,18-/m1/s1. The van der Waals surface area contributed by atoms with Crippen molar-refractivity contribution in [3.8, 4) is 0 Å². The van der Waals surface area contributed by atoms with Crippen LogP contribution in [0.4, 0.5) is 0 Å². The predicted molar refractivity (Wildman–Crippen MR) is 99.4 cm³/mol. The van der Waals surface area contributed by atoms with Crippen LogP contribution < -0.4 is 4.72 Å². The van der Waals surface area contributed by atoms with Gasteiger partial charge in [-0.1, -0.05) is 35.9 Å². The fraction of sp³-hybridized carbons (Fsp3) is 0.300. The van der Waals surface area contributed by atoms with Crippen LogP contribution in [0.2, 0.25) is 0 Å². The molecule has 1 aliphatic carbocycles. The summed E-state index contributed by atoms with van der Waals surface area (Å²) < 4.78 is 28.6. The number of hydrogen-bond donors (Lipinski definition) is 1. The lowest BCUT2D eigenvalue weighted by Crippen LogP contribution is -2.36. The highest BCUT2D eigenvalue weighted by Crippen LogP contribution is 2.51. The van der Waals surface area contributed by atoms with E-state index >= 15 is 0 Å². The van der Waals surface area contributed by atoms with E-state index in [-0.39, 0.29) is 16.7 Å². The van der Waals surface area contributed by atoms with Gasteiger partial charge in [-0.25, -0.2) is 13.1 Å². The van der Waals surface area contributed by atoms with E-state index in [0.717, 1.165) is 27.2 Å². The van der Waals surface area contributed by atoms with Crippen molar-refractivity contribution in [2.75, 3.05) is 7.05 Å². The summed E-state index contributed by atoms with van der Waals surface area (Å²) in [5, 5.41) is 0. The van der Waals surface area contributed by atoms with E-state index in [2.05, 4.69) is 4.72 Å². The van der Waals surface area contributed by atoms with Gasteiger partial charge in [-0.05, 0) is 42.7 Å². The van der Waals surface area contributed by atoms with Crippen molar-refractivity contribution in [2.45, 2.75) is 30.7 Å². The first-order valence-corrected chi connectivity index (χ1v) is 10.2. The molecule has 1 aliphatic heterocycles. The first kappa shape index (κ1) is 17.9. The quantitative estimate of drug-likeness (QED) is 0.821. The minimum absolute atomic E-state index is 0.136. The first-order chi connectivity index (χ1) is 12.7. The highest BCUT2D eigenvalue weighted by Gasteiger charge is 2.57. The molecule has 1 saturated heterocycles. The predicted octanol–water partition coefficient (Wildman–Crippen LogP) is 2.04. The minimum atomic E-state index is -3.85. The van der Waals surface area contributed by atoms with Crippen molar-refractivity contribution in [2.24, 2.45) is 5.92 Å². The third-order valence-corrected chi connectivity index (χ3v) is 7.00. The molecule has 2 aromatic carbocycles. The number of nitrogens with zero attached hydrogens (tertiary/aromatic N) is 1. The number of amides is 2. The van der Waals surface area contributed by atoms with E-state index in [4.69, 9.17) is 0 Å². The van der Waals surface area contributed by atoms with Gasteiger partial charge in [-0.3, -0.25) is 14.5 Å². The fourth-order valence-corrected chi connectivity index (χ4v) is 5.39. The molecule has 1 N–H and O–H groups in total. The lowest BCUT2D eigenvalue weighted by atomic mass is 9.94. The van der Waals surface area contributed by atoms with Crippen LogP contribution in [0.5, 0.6) is 0 Å². The van der Waals surface area contributed by atoms with Gasteiger partial charge in [0.05, 0.1) is 22.8 Å². The van der Waals surface area contributed by atoms with E-state index in [1.54, 1.807) is 12.1 Å². The number of nitrogens with one attached hydrogen (secondary N) is 1. The molecule has 4 rings (SSSR count). The monoisotopic (exact) mass is 384 g/mol. The van der Waals surface area contributed by atoms with Crippen LogP contribution in [0.3, 0.4) is 0 Å². The number of aryl methyl sites for hydroxylation is 2. The van der Waals surface area contributed by atoms with Crippen LogP contribution in [0, 0.1) is 19.8 Å². The Kier molecular flexibility index (Phi) is 3.98. The van der Waals surface area contributed by atoms with Gasteiger partial charge in [-0.15, -0.1) is 0 Å². The lowest BCUT2D eigenvalue weighted by molar-refractivity contribution is -0.138. The van der Waals surface area contributed by atoms with Gasteiger partial charge in [0.1, 0.15) is 0 Å². The van der Waals surface area contributed by atoms with E-state index in [1.807, 2.05) is 32.0 Å². The summed E-state index contributed by atoms with van der Waals surface area (Å²) in [4.78, 5) is 26.6. The smallest absolute Gasteiger partial charge is 0.241 e. The minimum Gasteiger partial charge on any atom is -0.285 e. The molecule has 2 aromatic rings. The summed E-state index contributed by atoms with van der Waals surface area (Å²) in [6.45, 7) is 3.75. The van der Waals surface area contributed by atoms with Crippen LogP contribution in [0.15, 0.2) is 47.4 Å². The summed E-state index contributed by atoms with van der Waals surface area (Å²) in [6, 6.07) is 11.3. The molecular formula is C20H20N2O4S. The van der Waals surface area contributed by atoms with Crippen molar-refractivity contribution in [3.05, 3.63) is 64.7 Å². The number of hydrogen-bond acceptors (Lipinski definition) is 4. The molecule has 1 heterocycles. The number of sulfonamides is 1. The summed E-state index contributed by atoms with van der Waals surface area (Å²) in [5.41, 5.74) is 3.29. The largest absolute Gasteiger partial charge is 0.285 e. The number of benzene rings is 2. The highest BCUT2D eigenvalue weighted by molar-refractivity contribution is 7.89. The summed E-state index contributed by atoms with van der Waals surface area (Å²) in [7, 11) is -2.40. The topological polar surface area (TPSA) is 83.6 Å². The number of carbonyl (C=O) groups is 2. The Morgan fingerprint density at radius 2 is 1.63 bits per heavy atom. The lowest BCUT2D eigenvalue weighted by Gasteiger charge is -2.21. The van der Waals surface area contributed by atoms with Crippen LogP contribution in [-0.2, 0) is 19.6 Å². The summed E-state index contributed by atoms with van der Waals surface area (Å²) >= 11 is 0. The van der Waals surface area contributed by atoms with Crippen LogP contribution >= 0.6 is 0 Å². The molecule has 1 fully saturated rings. The molecule has 0 radical (unpaired) electrons. The molecule has 3 atom stereocenters. The zero-order chi connectivity index (χ0) is 19.5. The zero-order valence-electron chi connectivity index (χ0n) is 15.3. The SMILES string of the molecule is Cc1ccc(S(=O)(=O)N[C@@H]2c3c(C)cccc3[C@H]3C(=O)N(C)C(=O)[C@@H]23)cc1. The van der Waals surface area contributed by atoms with Gasteiger partial charge >= 0.3 is 0 Å². The number of fused-ring (bicyclic) bond motifs is 3. The molecule has 2 aliphatic rings. The van der Waals surface area contributed by atoms with Crippen molar-refractivity contribution in [1.82, 2.24) is 9.62 Å². The molecule has 7 heteroatoms. The maximum atomic E-state index is 13.0. The third kappa shape index (κ3) is 2.61. The van der Waals surface area contributed by atoms with Gasteiger partial charge in [0.25, 0.3) is 0 Å². The van der Waals surface area contributed by atoms with Crippen molar-refractivity contribution < 1.29 is 18.0 Å². The molecule has 140 valence electrons. The molecular weight excluding hydrogens is 364 g/mol. The number of imide groups is 1. The summed E-state index contributed by atoms with van der Waals surface area (Å²) in [6.07, 6.45) is 0. The number of likely N-dealkylation sites (tertiary alicyclic amines) is 1. The van der Waals surface area contributed by atoms with E-state index in [1.165, 1.54) is 19.2 Å². The molecule has 0 aromatic heterocycles. The molecule has 0 bridgehead atoms. The van der Waals surface area contributed by atoms with Gasteiger partial charge in [0, 0.05) is 7.05 Å². The molecule has 0 unspecified atom stereocenters. The zero-order valence-corrected chi connectivity index (χ0v) is 16.1. The second-order valence-corrected chi connectivity index (χ2v) is 8.94. The Labute approximate surface area is 158 Å². The normalized spacial score (nSPS) is 24.3. The molecule has 6 nitrogen and oxygen atoms in total. The number of likely N-dealkylation sites (N-methyl/N-ethyl adjacent to an activating group) is 1. The molecule has 27 heavy (non-hydrogen) atoms. The second kappa shape index (κ2) is 6.00. The average Bonchev–Trinajstić information content (AvgIpc) is 3.05. The Morgan fingerprint density at radius 3 is 2.30 bits per heavy atom. The first-order valence-electron chi connectivity index (χ1n) is 8.72. The highest BCUT2D eigenvalue weighted by atomic mass is 32.2. The number of rotatable bonds is 3. The summed E-state index contributed by atoms with van der Waals surface area (Å²) in [5.74, 6) is -2.02. The van der Waals surface area contributed by atoms with Gasteiger partial charge in [-0.2, -0.15) is 0 Å². The van der Waals surface area contributed by atoms with Gasteiger partial charge in [0.2, 0.25) is 21.8 Å².